The van der Waals surface area contributed by atoms with E-state index in [2.05, 4.69) is 10.5 Å². The largest absolute Gasteiger partial charge is 0.360 e. The van der Waals surface area contributed by atoms with Gasteiger partial charge < -0.3 is 9.84 Å². The molecule has 0 saturated heterocycles. The topological polar surface area (TPSA) is 41.3 Å². The molecule has 4 nitrogen and oxygen atoms in total. The molecule has 0 amide bonds. The Morgan fingerprint density at radius 2 is 2.15 bits per heavy atom. The van der Waals surface area contributed by atoms with Gasteiger partial charge in [-0.2, -0.15) is 0 Å². The van der Waals surface area contributed by atoms with Crippen LogP contribution in [0.25, 0.3) is 0 Å². The lowest BCUT2D eigenvalue weighted by Gasteiger charge is -2.24. The molecule has 20 heavy (non-hydrogen) atoms. The molecule has 0 aliphatic carbocycles. The van der Waals surface area contributed by atoms with Gasteiger partial charge in [-0.05, 0) is 27.1 Å². The Morgan fingerprint density at radius 1 is 1.40 bits per heavy atom. The first kappa shape index (κ1) is 14.7. The zero-order chi connectivity index (χ0) is 14.5. The lowest BCUT2D eigenvalue weighted by molar-refractivity contribution is 0.217. The molecule has 1 atom stereocenters. The summed E-state index contributed by atoms with van der Waals surface area (Å²) in [7, 11) is 3.80. The molecule has 0 aliphatic rings. The summed E-state index contributed by atoms with van der Waals surface area (Å²) in [6.45, 7) is 3.24. The van der Waals surface area contributed by atoms with Gasteiger partial charge in [0.1, 0.15) is 5.82 Å². The van der Waals surface area contributed by atoms with E-state index in [0.29, 0.717) is 18.7 Å². The summed E-state index contributed by atoms with van der Waals surface area (Å²) in [5, 5.41) is 6.99. The molecule has 2 aromatic rings. The van der Waals surface area contributed by atoms with E-state index in [9.17, 15) is 4.39 Å². The van der Waals surface area contributed by atoms with Crippen LogP contribution in [0.4, 0.5) is 4.39 Å². The van der Waals surface area contributed by atoms with E-state index in [1.54, 1.807) is 6.07 Å². The molecule has 0 fully saturated rings. The van der Waals surface area contributed by atoms with Crippen LogP contribution in [0.5, 0.6) is 0 Å². The van der Waals surface area contributed by atoms with Gasteiger partial charge in [0, 0.05) is 24.2 Å². The fourth-order valence-electron chi connectivity index (χ4n) is 2.13. The van der Waals surface area contributed by atoms with Crippen molar-refractivity contribution in [3.05, 3.63) is 53.2 Å². The highest BCUT2D eigenvalue weighted by molar-refractivity contribution is 5.20. The zero-order valence-corrected chi connectivity index (χ0v) is 12.1. The van der Waals surface area contributed by atoms with Gasteiger partial charge in [-0.25, -0.2) is 4.39 Å². The Bertz CT molecular complexity index is 556. The lowest BCUT2D eigenvalue weighted by atomic mass is 10.1. The van der Waals surface area contributed by atoms with Crippen molar-refractivity contribution in [1.82, 2.24) is 15.4 Å². The molecule has 1 aromatic carbocycles. The number of rotatable bonds is 6. The number of halogens is 1. The summed E-state index contributed by atoms with van der Waals surface area (Å²) in [6.07, 6.45) is 0. The fourth-order valence-corrected chi connectivity index (χ4v) is 2.13. The molecule has 1 unspecified atom stereocenters. The minimum Gasteiger partial charge on any atom is -0.360 e. The fraction of sp³-hybridized carbons (Fsp3) is 0.400. The van der Waals surface area contributed by atoms with Gasteiger partial charge in [-0.1, -0.05) is 23.4 Å². The number of benzene rings is 1. The van der Waals surface area contributed by atoms with Crippen molar-refractivity contribution in [1.29, 1.82) is 0 Å². The molecule has 108 valence electrons. The van der Waals surface area contributed by atoms with E-state index in [1.807, 2.05) is 44.1 Å². The van der Waals surface area contributed by atoms with Gasteiger partial charge >= 0.3 is 0 Å². The smallest absolute Gasteiger partial charge is 0.151 e. The van der Waals surface area contributed by atoms with E-state index < -0.39 is 0 Å². The molecule has 0 spiro atoms. The summed E-state index contributed by atoms with van der Waals surface area (Å²) in [6, 6.07) is 8.73. The Labute approximate surface area is 118 Å². The first-order valence-electron chi connectivity index (χ1n) is 6.65. The van der Waals surface area contributed by atoms with Gasteiger partial charge in [0.25, 0.3) is 0 Å². The predicted octanol–water partition coefficient (Wildman–Crippen LogP) is 2.73. The maximum Gasteiger partial charge on any atom is 0.151 e. The van der Waals surface area contributed by atoms with Crippen LogP contribution in [-0.2, 0) is 13.1 Å². The van der Waals surface area contributed by atoms with Gasteiger partial charge in [0.2, 0.25) is 0 Å². The molecule has 1 N–H and O–H groups in total. The average molecular weight is 277 g/mol. The van der Waals surface area contributed by atoms with Crippen LogP contribution in [-0.4, -0.2) is 24.2 Å². The van der Waals surface area contributed by atoms with Crippen molar-refractivity contribution in [2.24, 2.45) is 0 Å². The van der Waals surface area contributed by atoms with Crippen molar-refractivity contribution >= 4 is 0 Å². The third-order valence-electron chi connectivity index (χ3n) is 3.39. The summed E-state index contributed by atoms with van der Waals surface area (Å²) >= 11 is 0. The monoisotopic (exact) mass is 277 g/mol. The Hall–Kier alpha value is -1.72. The molecule has 1 aromatic heterocycles. The number of aromatic nitrogens is 1. The second-order valence-corrected chi connectivity index (χ2v) is 4.93. The lowest BCUT2D eigenvalue weighted by Crippen LogP contribution is -2.22. The first-order valence-corrected chi connectivity index (χ1v) is 6.65. The second kappa shape index (κ2) is 6.63. The maximum atomic E-state index is 13.8. The molecule has 0 radical (unpaired) electrons. The van der Waals surface area contributed by atoms with Gasteiger partial charge in [0.15, 0.2) is 5.76 Å². The summed E-state index contributed by atoms with van der Waals surface area (Å²) in [5.41, 5.74) is 1.56. The number of hydrogen-bond acceptors (Lipinski definition) is 4. The van der Waals surface area contributed by atoms with Crippen molar-refractivity contribution < 1.29 is 8.91 Å². The van der Waals surface area contributed by atoms with Crippen LogP contribution in [0, 0.1) is 5.82 Å². The van der Waals surface area contributed by atoms with Crippen molar-refractivity contribution in [3.8, 4) is 0 Å². The normalized spacial score (nSPS) is 12.8. The molecule has 0 bridgehead atoms. The Balaban J connectivity index is 2.03. The van der Waals surface area contributed by atoms with Crippen LogP contribution in [0.2, 0.25) is 0 Å². The summed E-state index contributed by atoms with van der Waals surface area (Å²) in [4.78, 5) is 2.03. The minimum absolute atomic E-state index is 0.0333. The van der Waals surface area contributed by atoms with Crippen LogP contribution >= 0.6 is 0 Å². The SMILES string of the molecule is CNCc1cc(CN(C)C(C)c2ccccc2F)on1. The van der Waals surface area contributed by atoms with E-state index in [-0.39, 0.29) is 11.9 Å². The van der Waals surface area contributed by atoms with Crippen LogP contribution in [0.15, 0.2) is 34.9 Å². The third-order valence-corrected chi connectivity index (χ3v) is 3.39. The van der Waals surface area contributed by atoms with Crippen molar-refractivity contribution in [2.45, 2.75) is 26.1 Å². The third kappa shape index (κ3) is 3.43. The van der Waals surface area contributed by atoms with Crippen molar-refractivity contribution in [2.75, 3.05) is 14.1 Å². The highest BCUT2D eigenvalue weighted by Crippen LogP contribution is 2.23. The van der Waals surface area contributed by atoms with Crippen LogP contribution in [0.1, 0.15) is 30.0 Å². The van der Waals surface area contributed by atoms with E-state index in [0.717, 1.165) is 11.5 Å². The highest BCUT2D eigenvalue weighted by Gasteiger charge is 2.17. The van der Waals surface area contributed by atoms with E-state index >= 15 is 0 Å². The molecular formula is C15H20FN3O. The van der Waals surface area contributed by atoms with Crippen LogP contribution in [0.3, 0.4) is 0 Å². The van der Waals surface area contributed by atoms with E-state index in [1.165, 1.54) is 6.07 Å². The van der Waals surface area contributed by atoms with E-state index in [4.69, 9.17) is 4.52 Å². The molecular weight excluding hydrogens is 257 g/mol. The first-order chi connectivity index (χ1) is 9.61. The van der Waals surface area contributed by atoms with Gasteiger partial charge in [-0.3, -0.25) is 4.90 Å². The highest BCUT2D eigenvalue weighted by atomic mass is 19.1. The van der Waals surface area contributed by atoms with Crippen LogP contribution < -0.4 is 5.32 Å². The maximum absolute atomic E-state index is 13.8. The Kier molecular flexibility index (Phi) is 4.87. The molecule has 1 heterocycles. The zero-order valence-electron chi connectivity index (χ0n) is 12.1. The number of nitrogens with one attached hydrogen (secondary N) is 1. The molecule has 5 heteroatoms. The second-order valence-electron chi connectivity index (χ2n) is 4.93. The van der Waals surface area contributed by atoms with Gasteiger partial charge in [0.05, 0.1) is 12.2 Å². The predicted molar refractivity (Wildman–Crippen MR) is 75.5 cm³/mol. The minimum atomic E-state index is -0.180. The average Bonchev–Trinajstić information content (AvgIpc) is 2.86. The molecule has 0 saturated carbocycles. The number of nitrogens with zero attached hydrogens (tertiary/aromatic N) is 2. The summed E-state index contributed by atoms with van der Waals surface area (Å²) in [5.74, 6) is 0.598. The molecule has 2 rings (SSSR count). The summed E-state index contributed by atoms with van der Waals surface area (Å²) < 4.78 is 19.1. The van der Waals surface area contributed by atoms with Gasteiger partial charge in [-0.15, -0.1) is 0 Å². The number of hydrogen-bond donors (Lipinski definition) is 1. The molecule has 0 aliphatic heterocycles. The standard InChI is InChI=1S/C15H20FN3O/c1-11(14-6-4-5-7-15(14)16)19(3)10-13-8-12(9-17-2)18-20-13/h4-8,11,17H,9-10H2,1-3H3. The van der Waals surface area contributed by atoms with Crippen molar-refractivity contribution in [3.63, 3.8) is 0 Å². The quantitative estimate of drug-likeness (QED) is 0.881. The Morgan fingerprint density at radius 3 is 2.85 bits per heavy atom.